The van der Waals surface area contributed by atoms with Crippen LogP contribution in [0.25, 0.3) is 0 Å². The fourth-order valence-corrected chi connectivity index (χ4v) is 1.70. The molecule has 0 heterocycles. The molecule has 5 nitrogen and oxygen atoms in total. The van der Waals surface area contributed by atoms with E-state index in [1.165, 1.54) is 7.11 Å². The second-order valence-electron chi connectivity index (χ2n) is 3.87. The summed E-state index contributed by atoms with van der Waals surface area (Å²) in [5.74, 6) is -1.54. The van der Waals surface area contributed by atoms with Gasteiger partial charge in [0.1, 0.15) is 5.75 Å². The van der Waals surface area contributed by atoms with Crippen LogP contribution in [0.5, 0.6) is 5.75 Å². The molecule has 1 atom stereocenters. The number of carboxylic acid groups (broad SMARTS) is 1. The average Bonchev–Trinajstić information content (AvgIpc) is 2.36. The molecule has 0 aliphatic rings. The molecule has 0 aliphatic carbocycles. The van der Waals surface area contributed by atoms with E-state index in [1.54, 1.807) is 25.3 Å². The molecule has 0 aromatic heterocycles. The van der Waals surface area contributed by atoms with Crippen LogP contribution in [0.4, 0.5) is 0 Å². The number of carbonyl (C=O) groups excluding carboxylic acids is 1. The van der Waals surface area contributed by atoms with Crippen molar-refractivity contribution in [3.05, 3.63) is 29.8 Å². The first-order valence-electron chi connectivity index (χ1n) is 5.49. The van der Waals surface area contributed by atoms with Crippen molar-refractivity contribution in [2.24, 2.45) is 5.92 Å². The lowest BCUT2D eigenvalue weighted by atomic mass is 9.96. The summed E-state index contributed by atoms with van der Waals surface area (Å²) in [6.45, 7) is 0. The zero-order chi connectivity index (χ0) is 13.5. The number of carboxylic acids is 1. The maximum absolute atomic E-state index is 11.5. The average molecular weight is 252 g/mol. The van der Waals surface area contributed by atoms with Gasteiger partial charge in [0.25, 0.3) is 0 Å². The van der Waals surface area contributed by atoms with Crippen molar-refractivity contribution in [1.82, 2.24) is 0 Å². The first kappa shape index (κ1) is 14.0. The van der Waals surface area contributed by atoms with Gasteiger partial charge in [0.05, 0.1) is 26.6 Å². The van der Waals surface area contributed by atoms with E-state index in [-0.39, 0.29) is 6.42 Å². The molecule has 0 aliphatic heterocycles. The lowest BCUT2D eigenvalue weighted by Crippen LogP contribution is -2.22. The molecule has 18 heavy (non-hydrogen) atoms. The summed E-state index contributed by atoms with van der Waals surface area (Å²) in [4.78, 5) is 22.2. The fourth-order valence-electron chi connectivity index (χ4n) is 1.70. The molecule has 1 unspecified atom stereocenters. The Morgan fingerprint density at radius 3 is 2.61 bits per heavy atom. The highest BCUT2D eigenvalue weighted by atomic mass is 16.5. The van der Waals surface area contributed by atoms with Gasteiger partial charge in [-0.1, -0.05) is 12.1 Å². The monoisotopic (exact) mass is 252 g/mol. The standard InChI is InChI=1S/C13H16O5/c1-17-11-5-3-4-9(7-11)6-10(8-12(14)15)13(16)18-2/h3-5,7,10H,6,8H2,1-2H3,(H,14,15). The molecule has 0 saturated heterocycles. The van der Waals surface area contributed by atoms with E-state index in [4.69, 9.17) is 9.84 Å². The van der Waals surface area contributed by atoms with E-state index in [9.17, 15) is 9.59 Å². The fraction of sp³-hybridized carbons (Fsp3) is 0.385. The van der Waals surface area contributed by atoms with Crippen LogP contribution >= 0.6 is 0 Å². The van der Waals surface area contributed by atoms with Crippen LogP contribution in [-0.4, -0.2) is 31.3 Å². The molecule has 1 rings (SSSR count). The number of aliphatic carboxylic acids is 1. The van der Waals surface area contributed by atoms with Crippen molar-refractivity contribution in [2.45, 2.75) is 12.8 Å². The highest BCUT2D eigenvalue weighted by Gasteiger charge is 2.22. The minimum Gasteiger partial charge on any atom is -0.497 e. The molecule has 1 aromatic rings. The smallest absolute Gasteiger partial charge is 0.309 e. The van der Waals surface area contributed by atoms with E-state index in [2.05, 4.69) is 4.74 Å². The maximum atomic E-state index is 11.5. The highest BCUT2D eigenvalue weighted by Crippen LogP contribution is 2.18. The Kier molecular flexibility index (Phi) is 5.17. The Hall–Kier alpha value is -2.04. The highest BCUT2D eigenvalue weighted by molar-refractivity contribution is 5.79. The molecule has 0 spiro atoms. The summed E-state index contributed by atoms with van der Waals surface area (Å²) in [5.41, 5.74) is 0.839. The summed E-state index contributed by atoms with van der Waals surface area (Å²) in [5, 5.41) is 8.77. The predicted molar refractivity (Wildman–Crippen MR) is 64.5 cm³/mol. The largest absolute Gasteiger partial charge is 0.497 e. The van der Waals surface area contributed by atoms with Crippen LogP contribution in [0.1, 0.15) is 12.0 Å². The van der Waals surface area contributed by atoms with E-state index >= 15 is 0 Å². The van der Waals surface area contributed by atoms with Gasteiger partial charge in [-0.15, -0.1) is 0 Å². The molecule has 0 saturated carbocycles. The third-order valence-electron chi connectivity index (χ3n) is 2.57. The number of carbonyl (C=O) groups is 2. The normalized spacial score (nSPS) is 11.7. The van der Waals surface area contributed by atoms with Crippen molar-refractivity contribution < 1.29 is 24.2 Å². The van der Waals surface area contributed by atoms with E-state index in [0.29, 0.717) is 12.2 Å². The van der Waals surface area contributed by atoms with Gasteiger partial charge in [-0.3, -0.25) is 9.59 Å². The first-order chi connectivity index (χ1) is 8.56. The van der Waals surface area contributed by atoms with Gasteiger partial charge < -0.3 is 14.6 Å². The number of benzene rings is 1. The summed E-state index contributed by atoms with van der Waals surface area (Å²) >= 11 is 0. The molecule has 0 radical (unpaired) electrons. The third-order valence-corrected chi connectivity index (χ3v) is 2.57. The number of ether oxygens (including phenoxy) is 2. The Morgan fingerprint density at radius 2 is 2.06 bits per heavy atom. The second-order valence-corrected chi connectivity index (χ2v) is 3.87. The summed E-state index contributed by atoms with van der Waals surface area (Å²) in [6.07, 6.45) is 0.0695. The molecule has 1 aromatic carbocycles. The molecule has 98 valence electrons. The second kappa shape index (κ2) is 6.64. The Labute approximate surface area is 105 Å². The third kappa shape index (κ3) is 4.08. The van der Waals surface area contributed by atoms with Crippen LogP contribution in [0, 0.1) is 5.92 Å². The summed E-state index contributed by atoms with van der Waals surface area (Å²) in [7, 11) is 2.80. The molecule has 0 amide bonds. The zero-order valence-corrected chi connectivity index (χ0v) is 10.4. The van der Waals surface area contributed by atoms with Gasteiger partial charge in [-0.25, -0.2) is 0 Å². The Bertz CT molecular complexity index is 427. The zero-order valence-electron chi connectivity index (χ0n) is 10.4. The van der Waals surface area contributed by atoms with Crippen molar-refractivity contribution in [1.29, 1.82) is 0 Å². The lowest BCUT2D eigenvalue weighted by Gasteiger charge is -2.13. The number of hydrogen-bond acceptors (Lipinski definition) is 4. The Balaban J connectivity index is 2.81. The molecular formula is C13H16O5. The SMILES string of the molecule is COC(=O)C(CC(=O)O)Cc1cccc(OC)c1. The molecule has 1 N–H and O–H groups in total. The Morgan fingerprint density at radius 1 is 1.33 bits per heavy atom. The van der Waals surface area contributed by atoms with Crippen LogP contribution in [0.2, 0.25) is 0 Å². The number of hydrogen-bond donors (Lipinski definition) is 1. The first-order valence-corrected chi connectivity index (χ1v) is 5.49. The van der Waals surface area contributed by atoms with E-state index in [0.717, 1.165) is 5.56 Å². The van der Waals surface area contributed by atoms with Crippen LogP contribution < -0.4 is 4.74 Å². The van der Waals surface area contributed by atoms with Crippen LogP contribution in [0.3, 0.4) is 0 Å². The van der Waals surface area contributed by atoms with Crippen LogP contribution in [0.15, 0.2) is 24.3 Å². The van der Waals surface area contributed by atoms with Crippen LogP contribution in [-0.2, 0) is 20.7 Å². The van der Waals surface area contributed by atoms with Gasteiger partial charge in [0.15, 0.2) is 0 Å². The van der Waals surface area contributed by atoms with Crippen molar-refractivity contribution in [2.75, 3.05) is 14.2 Å². The summed E-state index contributed by atoms with van der Waals surface area (Å²) in [6, 6.07) is 7.18. The van der Waals surface area contributed by atoms with Gasteiger partial charge in [0, 0.05) is 0 Å². The minimum atomic E-state index is -1.02. The maximum Gasteiger partial charge on any atom is 0.309 e. The van der Waals surface area contributed by atoms with Crippen molar-refractivity contribution >= 4 is 11.9 Å². The molecule has 0 bridgehead atoms. The summed E-state index contributed by atoms with van der Waals surface area (Å²) < 4.78 is 9.68. The lowest BCUT2D eigenvalue weighted by molar-refractivity contribution is -0.150. The van der Waals surface area contributed by atoms with E-state index < -0.39 is 17.9 Å². The van der Waals surface area contributed by atoms with Gasteiger partial charge in [-0.2, -0.15) is 0 Å². The predicted octanol–water partition coefficient (Wildman–Crippen LogP) is 1.50. The van der Waals surface area contributed by atoms with Crippen molar-refractivity contribution in [3.8, 4) is 5.75 Å². The molecular weight excluding hydrogens is 236 g/mol. The van der Waals surface area contributed by atoms with Gasteiger partial charge in [-0.05, 0) is 24.1 Å². The number of esters is 1. The molecule has 0 fully saturated rings. The van der Waals surface area contributed by atoms with E-state index in [1.807, 2.05) is 6.07 Å². The molecule has 5 heteroatoms. The topological polar surface area (TPSA) is 72.8 Å². The number of rotatable bonds is 6. The van der Waals surface area contributed by atoms with Gasteiger partial charge >= 0.3 is 11.9 Å². The quantitative estimate of drug-likeness (QED) is 0.777. The number of methoxy groups -OCH3 is 2. The minimum absolute atomic E-state index is 0.246. The van der Waals surface area contributed by atoms with Crippen molar-refractivity contribution in [3.63, 3.8) is 0 Å². The van der Waals surface area contributed by atoms with Gasteiger partial charge in [0.2, 0.25) is 0 Å².